The molecule has 0 aliphatic carbocycles. The number of aromatic nitrogens is 1. The van der Waals surface area contributed by atoms with Crippen molar-refractivity contribution in [3.63, 3.8) is 0 Å². The molecule has 1 nitrogen and oxygen atoms in total. The van der Waals surface area contributed by atoms with Crippen LogP contribution in [0.1, 0.15) is 64.9 Å². The number of alkyl halides is 3. The van der Waals surface area contributed by atoms with E-state index in [-0.39, 0.29) is 23.9 Å². The Morgan fingerprint density at radius 2 is 1.30 bits per heavy atom. The third kappa shape index (κ3) is 30.2. The topological polar surface area (TPSA) is 12.9 Å². The summed E-state index contributed by atoms with van der Waals surface area (Å²) in [4.78, 5) is 3.21. The van der Waals surface area contributed by atoms with Gasteiger partial charge in [-0.1, -0.05) is 80.1 Å². The van der Waals surface area contributed by atoms with Crippen molar-refractivity contribution in [3.8, 4) is 0 Å². The molecule has 0 saturated heterocycles. The molecule has 23 heavy (non-hydrogen) atoms. The molecule has 132 valence electrons. The molecule has 8 radical (unpaired) electrons. The maximum absolute atomic E-state index is 11.7. The van der Waals surface area contributed by atoms with Gasteiger partial charge >= 0.3 is 6.18 Å². The van der Waals surface area contributed by atoms with Crippen LogP contribution in [0.4, 0.5) is 13.2 Å². The minimum Gasteiger partial charge on any atom is -0.254 e. The number of unbranched alkanes of at least 4 members (excludes halogenated alkanes) is 3. The third-order valence-corrected chi connectivity index (χ3v) is 1.97. The zero-order valence-electron chi connectivity index (χ0n) is 14.7. The van der Waals surface area contributed by atoms with E-state index in [1.807, 2.05) is 6.20 Å². The summed E-state index contributed by atoms with van der Waals surface area (Å²) in [5.74, 6) is 0. The zero-order valence-corrected chi connectivity index (χ0v) is 17.5. The van der Waals surface area contributed by atoms with Gasteiger partial charge in [0.2, 0.25) is 0 Å². The van der Waals surface area contributed by atoms with Crippen LogP contribution in [0.15, 0.2) is 18.3 Å². The van der Waals surface area contributed by atoms with Crippen LogP contribution in [-0.2, 0) is 6.18 Å². The monoisotopic (exact) mass is 437 g/mol. The Labute approximate surface area is 158 Å². The average Bonchev–Trinajstić information content (AvgIpc) is 2.55. The van der Waals surface area contributed by atoms with Crippen LogP contribution in [0.3, 0.4) is 0 Å². The number of pyridine rings is 1. The first-order chi connectivity index (χ1) is 10.3. The Bertz CT molecular complexity index is 275. The maximum Gasteiger partial charge on any atom is 0.418 e. The minimum absolute atomic E-state index is 0. The summed E-state index contributed by atoms with van der Waals surface area (Å²) >= 11 is 0. The van der Waals surface area contributed by atoms with E-state index in [1.165, 1.54) is 31.5 Å². The Morgan fingerprint density at radius 1 is 0.957 bits per heavy atom. The van der Waals surface area contributed by atoms with E-state index in [2.05, 4.69) is 46.5 Å². The molecule has 0 N–H and O–H groups in total. The molecule has 0 spiro atoms. The minimum atomic E-state index is -4.33. The van der Waals surface area contributed by atoms with Crippen molar-refractivity contribution in [2.45, 2.75) is 65.5 Å². The van der Waals surface area contributed by atoms with E-state index in [0.717, 1.165) is 25.3 Å². The van der Waals surface area contributed by atoms with Gasteiger partial charge in [-0.25, -0.2) is 0 Å². The van der Waals surface area contributed by atoms with Gasteiger partial charge in [-0.3, -0.25) is 4.98 Å². The van der Waals surface area contributed by atoms with Crippen molar-refractivity contribution in [1.29, 1.82) is 0 Å². The molecule has 5 heteroatoms. The first-order valence-corrected chi connectivity index (χ1v) is 7.63. The number of hydrogen-bond acceptors (Lipinski definition) is 1. The number of rotatable bonds is 3. The van der Waals surface area contributed by atoms with E-state index in [9.17, 15) is 13.2 Å². The maximum atomic E-state index is 11.7. The third-order valence-electron chi connectivity index (χ3n) is 1.97. The standard InChI is InChI=1S/C6H3F3N.3C4H9.Sn/c7-6(8,9)5-2-1-3-10-4-5;3*1-3-4-2;/h1-3H;3*1,3-4H2,2H3;. The fraction of sp³-hybridized carbons (Fsp3) is 0.556. The first kappa shape index (κ1) is 30.6. The predicted octanol–water partition coefficient (Wildman–Crippen LogP) is 6.38. The molecule has 0 amide bonds. The van der Waals surface area contributed by atoms with E-state index in [1.54, 1.807) is 0 Å². The van der Waals surface area contributed by atoms with Crippen LogP contribution in [0.25, 0.3) is 0 Å². The van der Waals surface area contributed by atoms with Crippen LogP contribution in [0, 0.1) is 27.0 Å². The van der Waals surface area contributed by atoms with Crippen LogP contribution in [0.2, 0.25) is 0 Å². The largest absolute Gasteiger partial charge is 0.418 e. The van der Waals surface area contributed by atoms with Crippen molar-refractivity contribution in [2.75, 3.05) is 0 Å². The Morgan fingerprint density at radius 3 is 1.43 bits per heavy atom. The van der Waals surface area contributed by atoms with Crippen LogP contribution in [0.5, 0.6) is 0 Å². The SMILES string of the molecule is FC(F)(F)c1[c]nccc1.[CH2]CCC.[CH2]CCC.[CH2]CCC.[Sn]. The molecule has 0 atom stereocenters. The van der Waals surface area contributed by atoms with Crippen LogP contribution in [-0.4, -0.2) is 28.9 Å². The summed E-state index contributed by atoms with van der Waals surface area (Å²) < 4.78 is 35.1. The normalized spacial score (nSPS) is 8.91. The summed E-state index contributed by atoms with van der Waals surface area (Å²) in [5, 5.41) is 0. The van der Waals surface area contributed by atoms with E-state index in [4.69, 9.17) is 0 Å². The van der Waals surface area contributed by atoms with E-state index >= 15 is 0 Å². The van der Waals surface area contributed by atoms with Gasteiger partial charge in [0, 0.05) is 30.1 Å². The van der Waals surface area contributed by atoms with Crippen LogP contribution < -0.4 is 0 Å². The molecular formula is C18H30F3NSn. The molecule has 0 aliphatic heterocycles. The van der Waals surface area contributed by atoms with Gasteiger partial charge in [-0.2, -0.15) is 13.2 Å². The summed E-state index contributed by atoms with van der Waals surface area (Å²) in [7, 11) is 0. The van der Waals surface area contributed by atoms with Gasteiger partial charge in [0.05, 0.1) is 5.56 Å². The number of nitrogens with zero attached hydrogens (tertiary/aromatic N) is 1. The second kappa shape index (κ2) is 24.0. The van der Waals surface area contributed by atoms with Gasteiger partial charge < -0.3 is 0 Å². The Balaban J connectivity index is -0.000000118. The molecule has 1 rings (SSSR count). The quantitative estimate of drug-likeness (QED) is 0.501. The molecule has 0 saturated carbocycles. The van der Waals surface area contributed by atoms with E-state index in [0.29, 0.717) is 0 Å². The zero-order chi connectivity index (χ0) is 17.9. The molecule has 0 bridgehead atoms. The molecular weight excluding hydrogens is 406 g/mol. The molecule has 1 aromatic heterocycles. The van der Waals surface area contributed by atoms with Crippen molar-refractivity contribution < 1.29 is 13.2 Å². The Hall–Kier alpha value is -0.261. The Kier molecular flexibility index (Phi) is 31.9. The van der Waals surface area contributed by atoms with Crippen molar-refractivity contribution in [1.82, 2.24) is 4.98 Å². The summed E-state index contributed by atoms with van der Waals surface area (Å²) in [5.41, 5.74) is -0.838. The second-order valence-electron chi connectivity index (χ2n) is 4.22. The van der Waals surface area contributed by atoms with Gasteiger partial charge in [0.15, 0.2) is 0 Å². The summed E-state index contributed by atoms with van der Waals surface area (Å²) in [6.45, 7) is 17.2. The molecule has 0 aromatic carbocycles. The molecule has 0 unspecified atom stereocenters. The fourth-order valence-electron chi connectivity index (χ4n) is 0.484. The molecule has 0 aliphatic rings. The summed E-state index contributed by atoms with van der Waals surface area (Å²) in [6, 6.07) is 2.15. The predicted molar refractivity (Wildman–Crippen MR) is 94.6 cm³/mol. The molecule has 1 aromatic rings. The smallest absolute Gasteiger partial charge is 0.254 e. The van der Waals surface area contributed by atoms with Crippen LogP contribution >= 0.6 is 0 Å². The number of halogens is 3. The van der Waals surface area contributed by atoms with Gasteiger partial charge in [0.25, 0.3) is 0 Å². The van der Waals surface area contributed by atoms with Crippen molar-refractivity contribution in [2.24, 2.45) is 0 Å². The van der Waals surface area contributed by atoms with E-state index < -0.39 is 11.7 Å². The van der Waals surface area contributed by atoms with Gasteiger partial charge in [-0.15, -0.1) is 0 Å². The second-order valence-corrected chi connectivity index (χ2v) is 4.22. The summed E-state index contributed by atoms with van der Waals surface area (Å²) in [6.07, 6.45) is 5.59. The first-order valence-electron chi connectivity index (χ1n) is 7.63. The van der Waals surface area contributed by atoms with Crippen molar-refractivity contribution in [3.05, 3.63) is 50.9 Å². The number of hydrogen-bond donors (Lipinski definition) is 0. The fourth-order valence-corrected chi connectivity index (χ4v) is 0.484. The van der Waals surface area contributed by atoms with Crippen molar-refractivity contribution >= 4 is 23.9 Å². The molecule has 1 heterocycles. The average molecular weight is 436 g/mol. The molecule has 0 fully saturated rings. The van der Waals surface area contributed by atoms with Gasteiger partial charge in [-0.05, 0) is 12.1 Å². The van der Waals surface area contributed by atoms with Gasteiger partial charge in [0.1, 0.15) is 6.20 Å².